The van der Waals surface area contributed by atoms with Gasteiger partial charge in [-0.2, -0.15) is 0 Å². The van der Waals surface area contributed by atoms with E-state index in [2.05, 4.69) is 4.98 Å². The van der Waals surface area contributed by atoms with Gasteiger partial charge >= 0.3 is 17.6 Å². The number of carbonyl (C=O) groups is 3. The first-order valence-electron chi connectivity index (χ1n) is 8.47. The van der Waals surface area contributed by atoms with E-state index in [-0.39, 0.29) is 22.6 Å². The van der Waals surface area contributed by atoms with Gasteiger partial charge in [-0.05, 0) is 38.5 Å². The van der Waals surface area contributed by atoms with Crippen LogP contribution in [0.3, 0.4) is 0 Å². The summed E-state index contributed by atoms with van der Waals surface area (Å²) in [6.07, 6.45) is -1.20. The van der Waals surface area contributed by atoms with E-state index in [0.29, 0.717) is 11.3 Å². The zero-order chi connectivity index (χ0) is 21.9. The van der Waals surface area contributed by atoms with Crippen LogP contribution in [0, 0.1) is 24.0 Å². The Kier molecular flexibility index (Phi) is 6.37. The number of methoxy groups -OCH3 is 2. The SMILES string of the molecule is COC(=O)c1c(C)[nH]c(C(=O)[C@H](C)OC(=O)c2ccc(OC)c([N+](=O)[O-])c2)c1C. The van der Waals surface area contributed by atoms with Gasteiger partial charge in [-0.1, -0.05) is 0 Å². The van der Waals surface area contributed by atoms with Crippen LogP contribution in [0.2, 0.25) is 0 Å². The number of hydrogen-bond donors (Lipinski definition) is 1. The third-order valence-corrected chi connectivity index (χ3v) is 4.34. The number of nitrogens with one attached hydrogen (secondary N) is 1. The normalized spacial score (nSPS) is 11.5. The molecule has 10 heteroatoms. The molecular weight excluding hydrogens is 384 g/mol. The predicted molar refractivity (Wildman–Crippen MR) is 100 cm³/mol. The van der Waals surface area contributed by atoms with Crippen LogP contribution in [0.4, 0.5) is 5.69 Å². The minimum atomic E-state index is -1.20. The van der Waals surface area contributed by atoms with Crippen LogP contribution in [0.1, 0.15) is 49.4 Å². The molecule has 0 aliphatic heterocycles. The molecule has 1 N–H and O–H groups in total. The largest absolute Gasteiger partial charge is 0.490 e. The number of benzene rings is 1. The molecule has 1 heterocycles. The summed E-state index contributed by atoms with van der Waals surface area (Å²) < 4.78 is 14.8. The monoisotopic (exact) mass is 404 g/mol. The topological polar surface area (TPSA) is 138 Å². The third-order valence-electron chi connectivity index (χ3n) is 4.34. The maximum absolute atomic E-state index is 12.7. The van der Waals surface area contributed by atoms with E-state index in [0.717, 1.165) is 6.07 Å². The van der Waals surface area contributed by atoms with Crippen LogP contribution in [0.5, 0.6) is 5.75 Å². The van der Waals surface area contributed by atoms with Crippen molar-refractivity contribution in [3.8, 4) is 5.75 Å². The fraction of sp³-hybridized carbons (Fsp3) is 0.316. The maximum Gasteiger partial charge on any atom is 0.339 e. The summed E-state index contributed by atoms with van der Waals surface area (Å²) in [4.78, 5) is 50.1. The molecule has 0 aliphatic rings. The van der Waals surface area contributed by atoms with Crippen LogP contribution < -0.4 is 4.74 Å². The van der Waals surface area contributed by atoms with Crippen LogP contribution >= 0.6 is 0 Å². The number of rotatable bonds is 7. The number of ether oxygens (including phenoxy) is 3. The molecule has 29 heavy (non-hydrogen) atoms. The van der Waals surface area contributed by atoms with E-state index < -0.39 is 34.4 Å². The molecule has 2 aromatic rings. The van der Waals surface area contributed by atoms with E-state index in [9.17, 15) is 24.5 Å². The highest BCUT2D eigenvalue weighted by atomic mass is 16.6. The quantitative estimate of drug-likeness (QED) is 0.322. The van der Waals surface area contributed by atoms with Gasteiger partial charge in [0.1, 0.15) is 0 Å². The molecule has 0 saturated carbocycles. The molecule has 0 bridgehead atoms. The third kappa shape index (κ3) is 4.26. The summed E-state index contributed by atoms with van der Waals surface area (Å²) >= 11 is 0. The van der Waals surface area contributed by atoms with E-state index >= 15 is 0 Å². The lowest BCUT2D eigenvalue weighted by molar-refractivity contribution is -0.385. The second-order valence-electron chi connectivity index (χ2n) is 6.17. The smallest absolute Gasteiger partial charge is 0.339 e. The molecular formula is C19H20N2O8. The fourth-order valence-electron chi connectivity index (χ4n) is 2.85. The first kappa shape index (κ1) is 21.6. The minimum Gasteiger partial charge on any atom is -0.490 e. The molecule has 0 unspecified atom stereocenters. The van der Waals surface area contributed by atoms with Crippen molar-refractivity contribution >= 4 is 23.4 Å². The van der Waals surface area contributed by atoms with Crippen molar-refractivity contribution in [2.75, 3.05) is 14.2 Å². The van der Waals surface area contributed by atoms with Gasteiger partial charge in [0.15, 0.2) is 11.9 Å². The summed E-state index contributed by atoms with van der Waals surface area (Å²) in [5, 5.41) is 11.1. The van der Waals surface area contributed by atoms with Gasteiger partial charge in [-0.15, -0.1) is 0 Å². The first-order valence-corrected chi connectivity index (χ1v) is 8.47. The average molecular weight is 404 g/mol. The number of ketones is 1. The molecule has 1 aromatic heterocycles. The highest BCUT2D eigenvalue weighted by Gasteiger charge is 2.28. The van der Waals surface area contributed by atoms with Gasteiger partial charge in [-0.25, -0.2) is 9.59 Å². The van der Waals surface area contributed by atoms with Crippen LogP contribution in [-0.2, 0) is 9.47 Å². The summed E-state index contributed by atoms with van der Waals surface area (Å²) in [7, 11) is 2.50. The number of aryl methyl sites for hydroxylation is 1. The van der Waals surface area contributed by atoms with Gasteiger partial charge < -0.3 is 19.2 Å². The number of Topliss-reactive ketones (excluding diaryl/α,β-unsaturated/α-hetero) is 1. The molecule has 10 nitrogen and oxygen atoms in total. The number of esters is 2. The van der Waals surface area contributed by atoms with Gasteiger partial charge in [0.25, 0.3) is 0 Å². The van der Waals surface area contributed by atoms with Crippen molar-refractivity contribution in [2.24, 2.45) is 0 Å². The van der Waals surface area contributed by atoms with Crippen LogP contribution in [-0.4, -0.2) is 48.0 Å². The van der Waals surface area contributed by atoms with E-state index in [1.807, 2.05) is 0 Å². The van der Waals surface area contributed by atoms with Gasteiger partial charge in [0, 0.05) is 11.8 Å². The molecule has 0 saturated heterocycles. The van der Waals surface area contributed by atoms with Crippen LogP contribution in [0.25, 0.3) is 0 Å². The lowest BCUT2D eigenvalue weighted by Gasteiger charge is -2.12. The molecule has 1 aromatic carbocycles. The predicted octanol–water partition coefficient (Wildman–Crippen LogP) is 2.76. The fourth-order valence-corrected chi connectivity index (χ4v) is 2.85. The molecule has 0 aliphatic carbocycles. The standard InChI is InChI=1S/C19H20N2O8/c1-9-15(19(24)28-5)10(2)20-16(9)17(22)11(3)29-18(23)12-6-7-14(27-4)13(8-12)21(25)26/h6-8,11,20H,1-5H3/t11-/m0/s1. The molecule has 0 amide bonds. The van der Waals surface area contributed by atoms with Crippen LogP contribution in [0.15, 0.2) is 18.2 Å². The lowest BCUT2D eigenvalue weighted by atomic mass is 10.1. The Morgan fingerprint density at radius 2 is 1.79 bits per heavy atom. The Balaban J connectivity index is 2.24. The summed E-state index contributed by atoms with van der Waals surface area (Å²) in [6, 6.07) is 3.57. The second kappa shape index (κ2) is 8.55. The Labute approximate surface area is 165 Å². The van der Waals surface area contributed by atoms with Gasteiger partial charge in [0.05, 0.1) is 36.0 Å². The average Bonchev–Trinajstić information content (AvgIpc) is 2.99. The van der Waals surface area contributed by atoms with Gasteiger partial charge in [0.2, 0.25) is 5.78 Å². The number of nitro benzene ring substituents is 1. The highest BCUT2D eigenvalue weighted by Crippen LogP contribution is 2.28. The van der Waals surface area contributed by atoms with Crippen molar-refractivity contribution in [1.82, 2.24) is 4.98 Å². The van der Waals surface area contributed by atoms with E-state index in [1.54, 1.807) is 13.8 Å². The molecule has 1 atom stereocenters. The van der Waals surface area contributed by atoms with Crippen molar-refractivity contribution in [2.45, 2.75) is 26.9 Å². The van der Waals surface area contributed by atoms with E-state index in [4.69, 9.17) is 14.2 Å². The Bertz CT molecular complexity index is 992. The second-order valence-corrected chi connectivity index (χ2v) is 6.17. The zero-order valence-electron chi connectivity index (χ0n) is 16.5. The number of nitrogens with zero attached hydrogens (tertiary/aromatic N) is 1. The summed E-state index contributed by atoms with van der Waals surface area (Å²) in [5.41, 5.74) is 0.666. The Morgan fingerprint density at radius 1 is 1.14 bits per heavy atom. The molecule has 0 fully saturated rings. The molecule has 2 rings (SSSR count). The van der Waals surface area contributed by atoms with Crippen molar-refractivity contribution in [3.63, 3.8) is 0 Å². The highest BCUT2D eigenvalue weighted by molar-refractivity contribution is 6.04. The summed E-state index contributed by atoms with van der Waals surface area (Å²) in [5.74, 6) is -2.07. The van der Waals surface area contributed by atoms with Crippen molar-refractivity contribution in [3.05, 3.63) is 56.4 Å². The Morgan fingerprint density at radius 3 is 2.34 bits per heavy atom. The van der Waals surface area contributed by atoms with E-state index in [1.165, 1.54) is 33.3 Å². The van der Waals surface area contributed by atoms with Crippen molar-refractivity contribution < 1.29 is 33.5 Å². The van der Waals surface area contributed by atoms with Crippen molar-refractivity contribution in [1.29, 1.82) is 0 Å². The lowest BCUT2D eigenvalue weighted by Crippen LogP contribution is -2.25. The molecule has 154 valence electrons. The van der Waals surface area contributed by atoms with Gasteiger partial charge in [-0.3, -0.25) is 14.9 Å². The first-order chi connectivity index (χ1) is 13.6. The number of carbonyl (C=O) groups excluding carboxylic acids is 3. The molecule has 0 spiro atoms. The maximum atomic E-state index is 12.7. The number of H-pyrrole nitrogens is 1. The number of aromatic nitrogens is 1. The Hall–Kier alpha value is -3.69. The zero-order valence-corrected chi connectivity index (χ0v) is 16.5. The summed E-state index contributed by atoms with van der Waals surface area (Å²) in [6.45, 7) is 4.55. The number of nitro groups is 1. The number of hydrogen-bond acceptors (Lipinski definition) is 8. The molecule has 0 radical (unpaired) electrons. The minimum absolute atomic E-state index is 0.0106. The number of aromatic amines is 1.